The normalized spacial score (nSPS) is 16.4. The largest absolute Gasteiger partial charge is 0.573 e. The maximum atomic E-state index is 15.2. The molecule has 3 atom stereocenters. The molecule has 0 fully saturated rings. The Bertz CT molecular complexity index is 1760. The van der Waals surface area contributed by atoms with Crippen LogP contribution >= 0.6 is 0 Å². The minimum absolute atomic E-state index is 0.0350. The molecule has 252 valence electrons. The number of alkyl halides is 7. The van der Waals surface area contributed by atoms with E-state index in [0.29, 0.717) is 22.9 Å². The SMILES string of the molecule is NC(=O)c1cc(NC2=NCC(F)CN2)c2cnn(C(C(N)=O)[C@@H](CC(=O)OC(=O)C(F)(F)F)c3cc(OC(F)(F)F)ccc3F)c2c1. The summed E-state index contributed by atoms with van der Waals surface area (Å²) in [5, 5.41) is 9.51. The molecule has 0 saturated heterocycles. The van der Waals surface area contributed by atoms with E-state index in [4.69, 9.17) is 11.5 Å². The van der Waals surface area contributed by atoms with Gasteiger partial charge < -0.3 is 31.6 Å². The fourth-order valence-electron chi connectivity index (χ4n) is 4.61. The number of ether oxygens (including phenoxy) is 2. The molecule has 0 bridgehead atoms. The predicted molar refractivity (Wildman–Crippen MR) is 143 cm³/mol. The van der Waals surface area contributed by atoms with Crippen LogP contribution in [-0.2, 0) is 19.1 Å². The van der Waals surface area contributed by atoms with Crippen molar-refractivity contribution in [1.82, 2.24) is 15.1 Å². The number of carbonyl (C=O) groups is 4. The molecule has 2 amide bonds. The number of benzene rings is 2. The zero-order chi connectivity index (χ0) is 34.8. The van der Waals surface area contributed by atoms with E-state index in [2.05, 4.69) is 30.2 Å². The highest BCUT2D eigenvalue weighted by atomic mass is 19.4. The number of aromatic nitrogens is 2. The second-order valence-electron chi connectivity index (χ2n) is 9.85. The van der Waals surface area contributed by atoms with Crippen LogP contribution in [-0.4, -0.2) is 71.3 Å². The van der Waals surface area contributed by atoms with Gasteiger partial charge in [0.15, 0.2) is 5.96 Å². The van der Waals surface area contributed by atoms with Gasteiger partial charge in [-0.3, -0.25) is 19.1 Å². The van der Waals surface area contributed by atoms with Gasteiger partial charge in [0.2, 0.25) is 11.8 Å². The smallest absolute Gasteiger partial charge is 0.406 e. The number of amides is 2. The zero-order valence-corrected chi connectivity index (χ0v) is 23.3. The molecule has 1 aliphatic heterocycles. The molecule has 3 aromatic rings. The van der Waals surface area contributed by atoms with E-state index in [0.717, 1.165) is 12.3 Å². The Morgan fingerprint density at radius 1 is 1.09 bits per heavy atom. The number of halogens is 8. The maximum Gasteiger partial charge on any atom is 0.573 e. The number of carbonyl (C=O) groups excluding carboxylic acids is 4. The Morgan fingerprint density at radius 2 is 1.79 bits per heavy atom. The molecule has 2 unspecified atom stereocenters. The topological polar surface area (TPSA) is 193 Å². The van der Waals surface area contributed by atoms with Gasteiger partial charge in [-0.1, -0.05) is 0 Å². The first-order valence-corrected chi connectivity index (χ1v) is 13.0. The molecular formula is C26H21F8N7O6. The monoisotopic (exact) mass is 679 g/mol. The molecule has 47 heavy (non-hydrogen) atoms. The van der Waals surface area contributed by atoms with E-state index in [9.17, 15) is 49.9 Å². The van der Waals surface area contributed by atoms with Crippen LogP contribution in [0.25, 0.3) is 10.9 Å². The average Bonchev–Trinajstić information content (AvgIpc) is 3.37. The molecule has 2 heterocycles. The molecule has 21 heteroatoms. The van der Waals surface area contributed by atoms with Crippen LogP contribution in [0.1, 0.15) is 34.3 Å². The van der Waals surface area contributed by atoms with Gasteiger partial charge in [0.05, 0.1) is 36.9 Å². The van der Waals surface area contributed by atoms with Crippen molar-refractivity contribution >= 4 is 46.3 Å². The summed E-state index contributed by atoms with van der Waals surface area (Å²) in [4.78, 5) is 52.9. The lowest BCUT2D eigenvalue weighted by atomic mass is 9.87. The van der Waals surface area contributed by atoms with Crippen molar-refractivity contribution in [3.8, 4) is 5.75 Å². The van der Waals surface area contributed by atoms with Crippen molar-refractivity contribution in [3.63, 3.8) is 0 Å². The highest BCUT2D eigenvalue weighted by Gasteiger charge is 2.44. The van der Waals surface area contributed by atoms with Crippen LogP contribution in [0.5, 0.6) is 5.75 Å². The molecule has 2 aromatic carbocycles. The summed E-state index contributed by atoms with van der Waals surface area (Å²) in [6, 6.07) is 1.55. The van der Waals surface area contributed by atoms with Gasteiger partial charge in [-0.25, -0.2) is 18.6 Å². The number of rotatable bonds is 9. The molecule has 0 spiro atoms. The van der Waals surface area contributed by atoms with Crippen LogP contribution in [0.3, 0.4) is 0 Å². The van der Waals surface area contributed by atoms with Crippen LogP contribution in [0.4, 0.5) is 40.8 Å². The number of nitrogens with two attached hydrogens (primary N) is 2. The van der Waals surface area contributed by atoms with Gasteiger partial charge >= 0.3 is 24.5 Å². The highest BCUT2D eigenvalue weighted by Crippen LogP contribution is 2.39. The minimum Gasteiger partial charge on any atom is -0.406 e. The van der Waals surface area contributed by atoms with Crippen molar-refractivity contribution in [2.24, 2.45) is 16.5 Å². The quantitative estimate of drug-likeness (QED) is 0.150. The molecule has 0 radical (unpaired) electrons. The van der Waals surface area contributed by atoms with Gasteiger partial charge in [-0.15, -0.1) is 13.2 Å². The summed E-state index contributed by atoms with van der Waals surface area (Å²) in [6.07, 6.45) is -12.6. The van der Waals surface area contributed by atoms with E-state index in [1.165, 1.54) is 6.07 Å². The predicted octanol–water partition coefficient (Wildman–Crippen LogP) is 2.71. The van der Waals surface area contributed by atoms with E-state index in [1.54, 1.807) is 0 Å². The lowest BCUT2D eigenvalue weighted by Crippen LogP contribution is -2.41. The molecule has 0 aliphatic carbocycles. The summed E-state index contributed by atoms with van der Waals surface area (Å²) in [5.74, 6) is -12.0. The molecule has 6 N–H and O–H groups in total. The lowest BCUT2D eigenvalue weighted by Gasteiger charge is -2.26. The van der Waals surface area contributed by atoms with Gasteiger partial charge in [-0.2, -0.15) is 18.3 Å². The summed E-state index contributed by atoms with van der Waals surface area (Å²) in [5.41, 5.74) is 9.71. The second-order valence-corrected chi connectivity index (χ2v) is 9.85. The van der Waals surface area contributed by atoms with Crippen LogP contribution in [0.2, 0.25) is 0 Å². The number of nitrogens with zero attached hydrogens (tertiary/aromatic N) is 3. The summed E-state index contributed by atoms with van der Waals surface area (Å²) < 4.78 is 114. The third kappa shape index (κ3) is 8.21. The second kappa shape index (κ2) is 13.1. The number of primary amides is 2. The zero-order valence-electron chi connectivity index (χ0n) is 23.3. The molecular weight excluding hydrogens is 658 g/mol. The van der Waals surface area contributed by atoms with Gasteiger partial charge in [0.1, 0.15) is 23.8 Å². The minimum atomic E-state index is -5.66. The van der Waals surface area contributed by atoms with Gasteiger partial charge in [-0.05, 0) is 35.9 Å². The number of nitrogens with one attached hydrogen (secondary N) is 2. The molecule has 4 rings (SSSR count). The Labute approximate surface area is 256 Å². The van der Waals surface area contributed by atoms with Crippen molar-refractivity contribution < 1.29 is 63.8 Å². The third-order valence-corrected chi connectivity index (χ3v) is 6.55. The Balaban J connectivity index is 1.89. The number of guanidine groups is 1. The van der Waals surface area contributed by atoms with Crippen molar-refractivity contribution in [2.45, 2.75) is 37.1 Å². The number of anilines is 1. The number of fused-ring (bicyclic) bond motifs is 1. The van der Waals surface area contributed by atoms with E-state index >= 15 is 4.39 Å². The van der Waals surface area contributed by atoms with Crippen molar-refractivity contribution in [2.75, 3.05) is 18.4 Å². The van der Waals surface area contributed by atoms with Gasteiger partial charge in [0, 0.05) is 16.9 Å². The molecule has 0 saturated carbocycles. The Hall–Kier alpha value is -5.50. The van der Waals surface area contributed by atoms with E-state index in [1.807, 2.05) is 0 Å². The van der Waals surface area contributed by atoms with Crippen LogP contribution < -0.4 is 26.8 Å². The van der Waals surface area contributed by atoms with Gasteiger partial charge in [0.25, 0.3) is 0 Å². The standard InChI is InChI=1S/C26H21F8N7O6/c27-11-7-37-24(38-8-11)40-17-3-10(21(35)43)4-18-15(17)9-39-41(18)20(22(36)44)14(6-19(42)46-23(45)25(29,30)31)13-5-12(1-2-16(13)28)47-26(32,33)34/h1-5,9,11,14,20H,6-8H2,(H2,35,43)(H2,36,44)(H2,37,38,40)/t14-,20?/m0/s1. The maximum absolute atomic E-state index is 15.2. The molecule has 13 nitrogen and oxygen atoms in total. The fourth-order valence-corrected chi connectivity index (χ4v) is 4.61. The van der Waals surface area contributed by atoms with Crippen molar-refractivity contribution in [3.05, 3.63) is 53.5 Å². The third-order valence-electron chi connectivity index (χ3n) is 6.55. The van der Waals surface area contributed by atoms with Crippen LogP contribution in [0.15, 0.2) is 41.5 Å². The number of esters is 2. The first kappa shape index (κ1) is 34.4. The van der Waals surface area contributed by atoms with E-state index < -0.39 is 78.0 Å². The fraction of sp³-hybridized carbons (Fsp3) is 0.308. The van der Waals surface area contributed by atoms with Crippen LogP contribution in [0, 0.1) is 5.82 Å². The first-order chi connectivity index (χ1) is 21.8. The summed E-state index contributed by atoms with van der Waals surface area (Å²) >= 11 is 0. The summed E-state index contributed by atoms with van der Waals surface area (Å²) in [7, 11) is 0. The first-order valence-electron chi connectivity index (χ1n) is 13.0. The Kier molecular flexibility index (Phi) is 9.57. The highest BCUT2D eigenvalue weighted by molar-refractivity contribution is 6.07. The molecule has 1 aliphatic rings. The average molecular weight is 679 g/mol. The van der Waals surface area contributed by atoms with E-state index in [-0.39, 0.29) is 41.2 Å². The Morgan fingerprint density at radius 3 is 2.36 bits per heavy atom. The number of hydrogen-bond acceptors (Lipinski definition) is 10. The number of hydrogen-bond donors (Lipinski definition) is 4. The summed E-state index contributed by atoms with van der Waals surface area (Å²) in [6.45, 7) is -0.362. The lowest BCUT2D eigenvalue weighted by molar-refractivity contribution is -0.274. The number of aliphatic imine (C=N–C) groups is 1. The molecule has 1 aromatic heterocycles. The van der Waals surface area contributed by atoms with Crippen molar-refractivity contribution in [1.29, 1.82) is 0 Å².